The first-order valence-electron chi connectivity index (χ1n) is 12.2. The molecule has 3 aromatic rings. The molecule has 1 saturated heterocycles. The van der Waals surface area contributed by atoms with Crippen LogP contribution in [0.1, 0.15) is 43.4 Å². The lowest BCUT2D eigenvalue weighted by Crippen LogP contribution is -2.51. The van der Waals surface area contributed by atoms with Gasteiger partial charge in [-0.15, -0.1) is 0 Å². The van der Waals surface area contributed by atoms with Gasteiger partial charge in [-0.2, -0.15) is 0 Å². The lowest BCUT2D eigenvalue weighted by Gasteiger charge is -2.38. The van der Waals surface area contributed by atoms with Gasteiger partial charge in [0.05, 0.1) is 23.6 Å². The Kier molecular flexibility index (Phi) is 8.44. The summed E-state index contributed by atoms with van der Waals surface area (Å²) in [6, 6.07) is 11.7. The number of aldehydes is 1. The van der Waals surface area contributed by atoms with Crippen LogP contribution in [0.15, 0.2) is 54.6 Å². The van der Waals surface area contributed by atoms with E-state index in [9.17, 15) is 19.7 Å². The van der Waals surface area contributed by atoms with Gasteiger partial charge in [-0.3, -0.25) is 19.8 Å². The number of fused-ring (bicyclic) bond motifs is 2. The Bertz CT molecular complexity index is 1470. The number of aromatic nitrogens is 1. The average molecular weight is 589 g/mol. The van der Waals surface area contributed by atoms with Gasteiger partial charge < -0.3 is 14.8 Å². The highest BCUT2D eigenvalue weighted by Crippen LogP contribution is 2.58. The van der Waals surface area contributed by atoms with Gasteiger partial charge in [0.1, 0.15) is 34.4 Å². The summed E-state index contributed by atoms with van der Waals surface area (Å²) in [5.74, 6) is -2.19. The van der Waals surface area contributed by atoms with Crippen molar-refractivity contribution in [3.05, 3.63) is 97.4 Å². The zero-order valence-electron chi connectivity index (χ0n) is 20.6. The number of nitrogens with zero attached hydrogens (tertiary/aromatic N) is 3. The van der Waals surface area contributed by atoms with Gasteiger partial charge in [0.25, 0.3) is 5.91 Å². The van der Waals surface area contributed by atoms with Gasteiger partial charge in [-0.25, -0.2) is 9.37 Å². The van der Waals surface area contributed by atoms with E-state index >= 15 is 4.39 Å². The second-order valence-corrected chi connectivity index (χ2v) is 10.1. The monoisotopic (exact) mass is 588 g/mol. The third kappa shape index (κ3) is 4.59. The first kappa shape index (κ1) is 29.4. The molecule has 1 N–H and O–H groups in total. The summed E-state index contributed by atoms with van der Waals surface area (Å²) in [6.45, 7) is 2.27. The number of benzene rings is 2. The van der Waals surface area contributed by atoms with Gasteiger partial charge in [0, 0.05) is 29.0 Å². The third-order valence-electron chi connectivity index (χ3n) is 7.35. The summed E-state index contributed by atoms with van der Waals surface area (Å²) in [7, 11) is 0. The van der Waals surface area contributed by atoms with Crippen molar-refractivity contribution in [2.75, 3.05) is 11.9 Å². The number of nitrogens with one attached hydrogen (secondary N) is 1. The van der Waals surface area contributed by atoms with Crippen LogP contribution in [0.25, 0.3) is 0 Å². The van der Waals surface area contributed by atoms with E-state index in [1.54, 1.807) is 35.2 Å². The van der Waals surface area contributed by atoms with Gasteiger partial charge in [-0.1, -0.05) is 54.9 Å². The van der Waals surface area contributed by atoms with Crippen LogP contribution in [0.5, 0.6) is 5.75 Å². The lowest BCUT2D eigenvalue weighted by atomic mass is 9.74. The number of halogens is 3. The van der Waals surface area contributed by atoms with Crippen LogP contribution in [-0.2, 0) is 21.7 Å². The van der Waals surface area contributed by atoms with Crippen LogP contribution >= 0.6 is 23.2 Å². The molecule has 2 aliphatic rings. The maximum Gasteiger partial charge on any atom is 0.251 e. The van der Waals surface area contributed by atoms with Gasteiger partial charge in [0.2, 0.25) is 6.04 Å². The fourth-order valence-corrected chi connectivity index (χ4v) is 6.32. The van der Waals surface area contributed by atoms with Gasteiger partial charge in [0.15, 0.2) is 0 Å². The van der Waals surface area contributed by atoms with Crippen LogP contribution < -0.4 is 10.1 Å². The molecule has 0 aliphatic carbocycles. The number of carbonyl (C=O) groups excluding carboxylic acids is 2. The maximum absolute atomic E-state index is 15.7. The fraction of sp³-hybridized carbons (Fsp3) is 0.321. The van der Waals surface area contributed by atoms with Crippen molar-refractivity contribution in [3.63, 3.8) is 0 Å². The molecule has 0 radical (unpaired) electrons. The predicted octanol–water partition coefficient (Wildman–Crippen LogP) is 5.61. The van der Waals surface area contributed by atoms with Crippen LogP contribution in [0.2, 0.25) is 10.2 Å². The topological polar surface area (TPSA) is 115 Å². The predicted molar refractivity (Wildman–Crippen MR) is 149 cm³/mol. The quantitative estimate of drug-likeness (QED) is 0.157. The van der Waals surface area contributed by atoms with Crippen LogP contribution in [0, 0.1) is 15.9 Å². The number of anilines is 1. The van der Waals surface area contributed by atoms with E-state index in [1.807, 2.05) is 6.92 Å². The van der Waals surface area contributed by atoms with Crippen molar-refractivity contribution in [1.29, 1.82) is 0 Å². The van der Waals surface area contributed by atoms with Crippen molar-refractivity contribution in [1.82, 2.24) is 9.88 Å². The molecule has 1 spiro atoms. The van der Waals surface area contributed by atoms with Gasteiger partial charge >= 0.3 is 0 Å². The van der Waals surface area contributed by atoms with Crippen LogP contribution in [0.3, 0.4) is 0 Å². The Balaban J connectivity index is 0.00000370. The minimum absolute atomic E-state index is 0. The van der Waals surface area contributed by atoms with E-state index in [-0.39, 0.29) is 41.9 Å². The Morgan fingerprint density at radius 2 is 1.98 bits per heavy atom. The second-order valence-electron chi connectivity index (χ2n) is 9.33. The Morgan fingerprint density at radius 1 is 1.23 bits per heavy atom. The standard InChI is InChI=1S/C27H23Cl2FN4O5.CH4/c1-2-39-16-6-3-5-15(13-16)14-33-20(11-12-35)24(34(37)38)22(17-7-4-8-19(28)23(17)30)27(33)18-9-10-21(29)31-25(18)32-26(27)36;/h3-10,12-13,20,22,24H,2,11,14H2,1H3,(H,31,32,36);1H4/t20-,22-,24+,27+;/m0./s1. The largest absolute Gasteiger partial charge is 0.494 e. The molecular weight excluding hydrogens is 562 g/mol. The number of rotatable bonds is 8. The molecule has 9 nitrogen and oxygen atoms in total. The molecule has 3 heterocycles. The summed E-state index contributed by atoms with van der Waals surface area (Å²) < 4.78 is 21.3. The van der Waals surface area contributed by atoms with E-state index in [1.165, 1.54) is 24.3 Å². The Hall–Kier alpha value is -3.60. The van der Waals surface area contributed by atoms with Crippen molar-refractivity contribution >= 4 is 41.2 Å². The summed E-state index contributed by atoms with van der Waals surface area (Å²) in [5, 5.41) is 15.3. The molecule has 40 heavy (non-hydrogen) atoms. The number of nitro groups is 1. The van der Waals surface area contributed by atoms with Crippen molar-refractivity contribution in [2.45, 2.75) is 50.9 Å². The molecule has 210 valence electrons. The number of hydrogen-bond donors (Lipinski definition) is 1. The minimum Gasteiger partial charge on any atom is -0.494 e. The van der Waals surface area contributed by atoms with E-state index < -0.39 is 40.2 Å². The first-order valence-corrected chi connectivity index (χ1v) is 13.0. The number of ether oxygens (including phenoxy) is 1. The van der Waals surface area contributed by atoms with Crippen LogP contribution in [0.4, 0.5) is 10.2 Å². The SMILES string of the molecule is C.CCOc1cccc(CN2[C@@H](CC=O)[C@@H]([N+](=O)[O-])[C@H](c3cccc(Cl)c3F)[C@]23C(=O)Nc2nc(Cl)ccc23)c1. The van der Waals surface area contributed by atoms with Crippen molar-refractivity contribution in [2.24, 2.45) is 0 Å². The lowest BCUT2D eigenvalue weighted by molar-refractivity contribution is -0.528. The van der Waals surface area contributed by atoms with Crippen molar-refractivity contribution in [3.8, 4) is 5.75 Å². The van der Waals surface area contributed by atoms with E-state index in [0.717, 1.165) is 0 Å². The Labute approximate surface area is 240 Å². The molecule has 2 aromatic carbocycles. The molecule has 0 bridgehead atoms. The highest BCUT2D eigenvalue weighted by atomic mass is 35.5. The molecule has 4 atom stereocenters. The molecule has 0 saturated carbocycles. The summed E-state index contributed by atoms with van der Waals surface area (Å²) in [6.07, 6.45) is 0.296. The molecule has 0 unspecified atom stereocenters. The number of likely N-dealkylation sites (tertiary alicyclic amines) is 1. The Morgan fingerprint density at radius 3 is 2.67 bits per heavy atom. The van der Waals surface area contributed by atoms with Crippen LogP contribution in [-0.4, -0.2) is 45.7 Å². The summed E-state index contributed by atoms with van der Waals surface area (Å²) >= 11 is 12.2. The molecule has 1 fully saturated rings. The molecule has 1 aromatic heterocycles. The zero-order valence-corrected chi connectivity index (χ0v) is 22.2. The van der Waals surface area contributed by atoms with E-state index in [4.69, 9.17) is 27.9 Å². The highest BCUT2D eigenvalue weighted by Gasteiger charge is 2.71. The maximum atomic E-state index is 15.7. The van der Waals surface area contributed by atoms with Crippen molar-refractivity contribution < 1.29 is 23.6 Å². The third-order valence-corrected chi connectivity index (χ3v) is 7.85. The number of carbonyl (C=O) groups is 2. The zero-order chi connectivity index (χ0) is 27.9. The fourth-order valence-electron chi connectivity index (χ4n) is 5.99. The second kappa shape index (κ2) is 11.5. The van der Waals surface area contributed by atoms with E-state index in [0.29, 0.717) is 29.8 Å². The smallest absolute Gasteiger partial charge is 0.251 e. The summed E-state index contributed by atoms with van der Waals surface area (Å²) in [4.78, 5) is 44.1. The van der Waals surface area contributed by atoms with Gasteiger partial charge in [-0.05, 0) is 42.8 Å². The first-order chi connectivity index (χ1) is 18.7. The molecular formula is C28H27Cl2FN4O5. The molecule has 12 heteroatoms. The molecule has 5 rings (SSSR count). The number of pyridine rings is 1. The number of hydrogen-bond acceptors (Lipinski definition) is 7. The molecule has 2 aliphatic heterocycles. The number of amides is 1. The minimum atomic E-state index is -1.81. The normalized spacial score (nSPS) is 23.4. The highest BCUT2D eigenvalue weighted by molar-refractivity contribution is 6.31. The molecule has 1 amide bonds. The van der Waals surface area contributed by atoms with E-state index in [2.05, 4.69) is 10.3 Å². The average Bonchev–Trinajstić information content (AvgIpc) is 3.33. The summed E-state index contributed by atoms with van der Waals surface area (Å²) in [5.41, 5.74) is -0.953.